The Balaban J connectivity index is 2.55. The van der Waals surface area contributed by atoms with Gasteiger partial charge in [0.1, 0.15) is 17.9 Å². The van der Waals surface area contributed by atoms with E-state index in [0.717, 1.165) is 0 Å². The van der Waals surface area contributed by atoms with Crippen molar-refractivity contribution in [3.05, 3.63) is 12.2 Å². The molecular formula is C6H9N3O3S. The molecule has 1 heterocycles. The highest BCUT2D eigenvalue weighted by molar-refractivity contribution is 7.84. The van der Waals surface area contributed by atoms with Crippen molar-refractivity contribution in [1.29, 1.82) is 0 Å². The van der Waals surface area contributed by atoms with Crippen molar-refractivity contribution in [2.24, 2.45) is 7.05 Å². The minimum Gasteiger partial charge on any atom is -0.481 e. The third-order valence-electron chi connectivity index (χ3n) is 1.38. The van der Waals surface area contributed by atoms with Crippen molar-refractivity contribution in [2.45, 2.75) is 5.75 Å². The van der Waals surface area contributed by atoms with Gasteiger partial charge in [-0.15, -0.1) is 0 Å². The van der Waals surface area contributed by atoms with Crippen LogP contribution in [0.3, 0.4) is 0 Å². The second-order valence-corrected chi connectivity index (χ2v) is 3.88. The number of hydrogen-bond acceptors (Lipinski definition) is 4. The highest BCUT2D eigenvalue weighted by Gasteiger charge is 2.09. The van der Waals surface area contributed by atoms with E-state index < -0.39 is 16.8 Å². The Hall–Kier alpha value is -1.24. The van der Waals surface area contributed by atoms with E-state index in [-0.39, 0.29) is 11.5 Å². The summed E-state index contributed by atoms with van der Waals surface area (Å²) >= 11 is 0. The molecule has 6 nitrogen and oxygen atoms in total. The monoisotopic (exact) mass is 203 g/mol. The van der Waals surface area contributed by atoms with Crippen LogP contribution in [0.25, 0.3) is 0 Å². The highest BCUT2D eigenvalue weighted by Crippen LogP contribution is 1.97. The summed E-state index contributed by atoms with van der Waals surface area (Å²) in [5, 5.41) is 12.1. The molecule has 1 atom stereocenters. The van der Waals surface area contributed by atoms with Crippen LogP contribution in [0, 0.1) is 0 Å². The van der Waals surface area contributed by atoms with Crippen LogP contribution in [0.5, 0.6) is 0 Å². The lowest BCUT2D eigenvalue weighted by Gasteiger charge is -1.98. The van der Waals surface area contributed by atoms with Crippen molar-refractivity contribution >= 4 is 16.8 Å². The zero-order valence-electron chi connectivity index (χ0n) is 7.01. The smallest absolute Gasteiger partial charge is 0.316 e. The second-order valence-electron chi connectivity index (χ2n) is 2.42. The number of aromatic nitrogens is 3. The van der Waals surface area contributed by atoms with Crippen molar-refractivity contribution in [1.82, 2.24) is 14.8 Å². The number of nitrogens with zero attached hydrogens (tertiary/aromatic N) is 3. The van der Waals surface area contributed by atoms with Crippen LogP contribution in [0.2, 0.25) is 0 Å². The topological polar surface area (TPSA) is 85.1 Å². The molecule has 0 spiro atoms. The van der Waals surface area contributed by atoms with E-state index in [1.165, 1.54) is 11.0 Å². The number of carboxylic acids is 1. The molecule has 1 aromatic rings. The molecule has 1 rings (SSSR count). The maximum Gasteiger partial charge on any atom is 0.316 e. The van der Waals surface area contributed by atoms with Gasteiger partial charge in [0.2, 0.25) is 0 Å². The fraction of sp³-hybridized carbons (Fsp3) is 0.500. The molecule has 7 heteroatoms. The first kappa shape index (κ1) is 9.85. The van der Waals surface area contributed by atoms with Gasteiger partial charge in [0, 0.05) is 17.8 Å². The molecule has 1 N–H and O–H groups in total. The minimum atomic E-state index is -1.41. The van der Waals surface area contributed by atoms with E-state index in [1.54, 1.807) is 7.05 Å². The summed E-state index contributed by atoms with van der Waals surface area (Å²) in [6.07, 6.45) is 1.34. The van der Waals surface area contributed by atoms with Crippen molar-refractivity contribution in [3.63, 3.8) is 0 Å². The lowest BCUT2D eigenvalue weighted by molar-refractivity contribution is -0.133. The highest BCUT2D eigenvalue weighted by atomic mass is 32.2. The van der Waals surface area contributed by atoms with Gasteiger partial charge in [-0.1, -0.05) is 0 Å². The Kier molecular flexibility index (Phi) is 3.13. The largest absolute Gasteiger partial charge is 0.481 e. The molecule has 0 bridgehead atoms. The van der Waals surface area contributed by atoms with E-state index >= 15 is 0 Å². The van der Waals surface area contributed by atoms with E-state index in [0.29, 0.717) is 5.82 Å². The van der Waals surface area contributed by atoms with Gasteiger partial charge >= 0.3 is 5.97 Å². The van der Waals surface area contributed by atoms with Gasteiger partial charge in [-0.3, -0.25) is 13.7 Å². The van der Waals surface area contributed by atoms with Crippen LogP contribution in [-0.2, 0) is 28.4 Å². The maximum atomic E-state index is 11.1. The molecule has 0 aromatic carbocycles. The van der Waals surface area contributed by atoms with Crippen LogP contribution in [0.15, 0.2) is 6.33 Å². The van der Waals surface area contributed by atoms with Gasteiger partial charge in [0.25, 0.3) is 0 Å². The van der Waals surface area contributed by atoms with Crippen molar-refractivity contribution < 1.29 is 14.1 Å². The van der Waals surface area contributed by atoms with Gasteiger partial charge in [-0.25, -0.2) is 4.98 Å². The third kappa shape index (κ3) is 2.94. The SMILES string of the molecule is Cn1ncnc1CS(=O)CC(=O)O. The van der Waals surface area contributed by atoms with Gasteiger partial charge in [0.15, 0.2) is 0 Å². The van der Waals surface area contributed by atoms with Gasteiger partial charge in [-0.2, -0.15) is 5.10 Å². The predicted octanol–water partition coefficient (Wildman–Crippen LogP) is -0.852. The normalized spacial score (nSPS) is 12.7. The van der Waals surface area contributed by atoms with Crippen LogP contribution in [0.4, 0.5) is 0 Å². The molecule has 1 unspecified atom stereocenters. The fourth-order valence-electron chi connectivity index (χ4n) is 0.784. The average Bonchev–Trinajstić information content (AvgIpc) is 2.34. The zero-order chi connectivity index (χ0) is 9.84. The van der Waals surface area contributed by atoms with E-state index in [4.69, 9.17) is 5.11 Å². The standard InChI is InChI=1S/C6H9N3O3S/c1-9-5(7-4-8-9)2-13(12)3-6(10)11/h4H,2-3H2,1H3,(H,10,11). The molecule has 0 aliphatic carbocycles. The molecule has 0 amide bonds. The molecule has 0 saturated carbocycles. The number of aliphatic carboxylic acids is 1. The lowest BCUT2D eigenvalue weighted by atomic mass is 10.7. The maximum absolute atomic E-state index is 11.1. The first-order valence-corrected chi connectivity index (χ1v) is 4.98. The zero-order valence-corrected chi connectivity index (χ0v) is 7.82. The number of rotatable bonds is 4. The Labute approximate surface area is 77.0 Å². The van der Waals surface area contributed by atoms with E-state index in [9.17, 15) is 9.00 Å². The first-order valence-electron chi connectivity index (χ1n) is 3.49. The minimum absolute atomic E-state index is 0.128. The molecule has 72 valence electrons. The van der Waals surface area contributed by atoms with Crippen LogP contribution < -0.4 is 0 Å². The summed E-state index contributed by atoms with van der Waals surface area (Å²) in [6.45, 7) is 0. The quantitative estimate of drug-likeness (QED) is 0.688. The number of carboxylic acid groups (broad SMARTS) is 1. The summed E-state index contributed by atoms with van der Waals surface area (Å²) in [6, 6.07) is 0. The number of hydrogen-bond donors (Lipinski definition) is 1. The van der Waals surface area contributed by atoms with Gasteiger partial charge < -0.3 is 5.11 Å². The molecule has 1 aromatic heterocycles. The van der Waals surface area contributed by atoms with Crippen molar-refractivity contribution in [3.8, 4) is 0 Å². The summed E-state index contributed by atoms with van der Waals surface area (Å²) in [5.41, 5.74) is 0. The molecule has 0 fully saturated rings. The summed E-state index contributed by atoms with van der Waals surface area (Å²) in [5.74, 6) is -0.768. The van der Waals surface area contributed by atoms with E-state index in [1.807, 2.05) is 0 Å². The van der Waals surface area contributed by atoms with Gasteiger partial charge in [0.05, 0.1) is 5.75 Å². The number of aryl methyl sites for hydroxylation is 1. The molecule has 0 radical (unpaired) electrons. The summed E-state index contributed by atoms with van der Waals surface area (Å²) in [4.78, 5) is 14.0. The Morgan fingerprint density at radius 1 is 1.77 bits per heavy atom. The first-order chi connectivity index (χ1) is 6.09. The Bertz CT molecular complexity index is 336. The van der Waals surface area contributed by atoms with Gasteiger partial charge in [-0.05, 0) is 0 Å². The van der Waals surface area contributed by atoms with Crippen molar-refractivity contribution in [2.75, 3.05) is 5.75 Å². The fourth-order valence-corrected chi connectivity index (χ4v) is 1.71. The van der Waals surface area contributed by atoms with Crippen LogP contribution in [-0.4, -0.2) is 35.8 Å². The summed E-state index contributed by atoms with van der Waals surface area (Å²) < 4.78 is 12.6. The third-order valence-corrected chi connectivity index (χ3v) is 2.53. The molecule has 0 aliphatic heterocycles. The lowest BCUT2D eigenvalue weighted by Crippen LogP contribution is -2.13. The second kappa shape index (κ2) is 4.13. The predicted molar refractivity (Wildman–Crippen MR) is 45.4 cm³/mol. The molecule has 13 heavy (non-hydrogen) atoms. The molecular weight excluding hydrogens is 194 g/mol. The van der Waals surface area contributed by atoms with Crippen LogP contribution in [0.1, 0.15) is 5.82 Å². The summed E-state index contributed by atoms with van der Waals surface area (Å²) in [7, 11) is 0.254. The average molecular weight is 203 g/mol. The number of carbonyl (C=O) groups is 1. The Morgan fingerprint density at radius 3 is 2.92 bits per heavy atom. The van der Waals surface area contributed by atoms with E-state index in [2.05, 4.69) is 10.1 Å². The molecule has 0 saturated heterocycles. The molecule has 0 aliphatic rings. The Morgan fingerprint density at radius 2 is 2.46 bits per heavy atom. The van der Waals surface area contributed by atoms with Crippen LogP contribution >= 0.6 is 0 Å².